The highest BCUT2D eigenvalue weighted by Crippen LogP contribution is 2.15. The minimum absolute atomic E-state index is 0.0293. The van der Waals surface area contributed by atoms with E-state index in [1.54, 1.807) is 19.1 Å². The number of nitrogens with zero attached hydrogens (tertiary/aromatic N) is 1. The van der Waals surface area contributed by atoms with E-state index in [-0.39, 0.29) is 16.2 Å². The highest BCUT2D eigenvalue weighted by atomic mass is 32.2. The monoisotopic (exact) mass is 407 g/mol. The van der Waals surface area contributed by atoms with E-state index in [1.807, 2.05) is 13.8 Å². The molecule has 0 atom stereocenters. The van der Waals surface area contributed by atoms with Gasteiger partial charge in [-0.25, -0.2) is 8.42 Å². The summed E-state index contributed by atoms with van der Waals surface area (Å²) in [5, 5.41) is 0. The summed E-state index contributed by atoms with van der Waals surface area (Å²) in [6.45, 7) is 8.06. The molecule has 2 aromatic rings. The Balaban J connectivity index is 2.03. The van der Waals surface area contributed by atoms with E-state index in [0.29, 0.717) is 17.9 Å². The molecule has 1 aromatic heterocycles. The summed E-state index contributed by atoms with van der Waals surface area (Å²) in [7, 11) is -3.45. The fourth-order valence-electron chi connectivity index (χ4n) is 2.57. The van der Waals surface area contributed by atoms with Crippen molar-refractivity contribution in [2.75, 3.05) is 19.3 Å². The number of nitrogens with one attached hydrogen (secondary N) is 2. The molecular formula is C19H25N3O5S. The third-order valence-corrected chi connectivity index (χ3v) is 5.44. The van der Waals surface area contributed by atoms with Crippen molar-refractivity contribution in [3.63, 3.8) is 0 Å². The van der Waals surface area contributed by atoms with Crippen molar-refractivity contribution in [2.45, 2.75) is 32.2 Å². The Bertz CT molecular complexity index is 962. The maximum absolute atomic E-state index is 12.4. The number of hydrazine groups is 1. The van der Waals surface area contributed by atoms with E-state index < -0.39 is 21.7 Å². The van der Waals surface area contributed by atoms with Gasteiger partial charge in [-0.05, 0) is 49.8 Å². The summed E-state index contributed by atoms with van der Waals surface area (Å²) in [6.07, 6.45) is 1.06. The zero-order chi connectivity index (χ0) is 20.9. The standard InChI is InChI=1S/C19H25N3O5S/c1-5-22(6-2)12-14-8-10-17(27-14)19(24)21-20-18(23)16-11-15(28(4,25)26)9-7-13(16)3/h7-11H,5-6,12H2,1-4H3,(H,20,23)(H,21,24). The first-order valence-corrected chi connectivity index (χ1v) is 10.8. The van der Waals surface area contributed by atoms with Gasteiger partial charge < -0.3 is 4.42 Å². The van der Waals surface area contributed by atoms with Crippen molar-refractivity contribution < 1.29 is 22.4 Å². The highest BCUT2D eigenvalue weighted by Gasteiger charge is 2.17. The second-order valence-electron chi connectivity index (χ2n) is 6.38. The van der Waals surface area contributed by atoms with E-state index in [2.05, 4.69) is 15.8 Å². The van der Waals surface area contributed by atoms with Crippen molar-refractivity contribution in [1.82, 2.24) is 15.8 Å². The number of benzene rings is 1. The highest BCUT2D eigenvalue weighted by molar-refractivity contribution is 7.90. The van der Waals surface area contributed by atoms with Crippen LogP contribution in [-0.4, -0.2) is 44.5 Å². The molecule has 0 bridgehead atoms. The van der Waals surface area contributed by atoms with E-state index in [9.17, 15) is 18.0 Å². The van der Waals surface area contributed by atoms with Gasteiger partial charge in [-0.2, -0.15) is 0 Å². The Morgan fingerprint density at radius 3 is 2.29 bits per heavy atom. The summed E-state index contributed by atoms with van der Waals surface area (Å²) < 4.78 is 28.9. The second-order valence-corrected chi connectivity index (χ2v) is 8.40. The first kappa shape index (κ1) is 21.6. The summed E-state index contributed by atoms with van der Waals surface area (Å²) in [5.41, 5.74) is 5.31. The molecule has 1 aromatic carbocycles. The average Bonchev–Trinajstić information content (AvgIpc) is 3.12. The van der Waals surface area contributed by atoms with Crippen LogP contribution in [-0.2, 0) is 16.4 Å². The molecule has 0 fully saturated rings. The van der Waals surface area contributed by atoms with Crippen molar-refractivity contribution in [3.05, 3.63) is 53.0 Å². The number of hydrogen-bond acceptors (Lipinski definition) is 6. The van der Waals surface area contributed by atoms with Gasteiger partial charge >= 0.3 is 5.91 Å². The van der Waals surface area contributed by atoms with Gasteiger partial charge in [0.2, 0.25) is 0 Å². The van der Waals surface area contributed by atoms with Crippen LogP contribution in [0.3, 0.4) is 0 Å². The van der Waals surface area contributed by atoms with Gasteiger partial charge in [-0.1, -0.05) is 19.9 Å². The summed E-state index contributed by atoms with van der Waals surface area (Å²) in [4.78, 5) is 26.7. The van der Waals surface area contributed by atoms with Crippen LogP contribution in [0, 0.1) is 6.92 Å². The molecule has 0 spiro atoms. The molecule has 2 amide bonds. The zero-order valence-corrected chi connectivity index (χ0v) is 17.2. The zero-order valence-electron chi connectivity index (χ0n) is 16.4. The Morgan fingerprint density at radius 1 is 1.04 bits per heavy atom. The number of amides is 2. The van der Waals surface area contributed by atoms with Gasteiger partial charge in [0.25, 0.3) is 5.91 Å². The second kappa shape index (κ2) is 9.03. The number of rotatable bonds is 7. The van der Waals surface area contributed by atoms with Gasteiger partial charge in [0, 0.05) is 11.8 Å². The van der Waals surface area contributed by atoms with Crippen molar-refractivity contribution in [1.29, 1.82) is 0 Å². The molecule has 0 aliphatic carbocycles. The van der Waals surface area contributed by atoms with Crippen LogP contribution in [0.1, 0.15) is 46.1 Å². The number of aryl methyl sites for hydroxylation is 1. The number of carbonyl (C=O) groups is 2. The van der Waals surface area contributed by atoms with Crippen molar-refractivity contribution >= 4 is 21.7 Å². The third kappa shape index (κ3) is 5.43. The predicted octanol–water partition coefficient (Wildman–Crippen LogP) is 1.91. The van der Waals surface area contributed by atoms with E-state index >= 15 is 0 Å². The number of carbonyl (C=O) groups excluding carboxylic acids is 2. The first-order chi connectivity index (χ1) is 13.2. The lowest BCUT2D eigenvalue weighted by Crippen LogP contribution is -2.41. The Hall–Kier alpha value is -2.65. The van der Waals surface area contributed by atoms with Crippen LogP contribution in [0.25, 0.3) is 0 Å². The fraction of sp³-hybridized carbons (Fsp3) is 0.368. The fourth-order valence-corrected chi connectivity index (χ4v) is 3.22. The van der Waals surface area contributed by atoms with Crippen LogP contribution in [0.2, 0.25) is 0 Å². The molecule has 152 valence electrons. The number of sulfone groups is 1. The van der Waals surface area contributed by atoms with Crippen molar-refractivity contribution in [2.24, 2.45) is 0 Å². The van der Waals surface area contributed by atoms with E-state index in [1.165, 1.54) is 18.2 Å². The van der Waals surface area contributed by atoms with E-state index in [4.69, 9.17) is 4.42 Å². The summed E-state index contributed by atoms with van der Waals surface area (Å²) >= 11 is 0. The Labute approximate surface area is 164 Å². The molecule has 2 N–H and O–H groups in total. The number of hydrogen-bond donors (Lipinski definition) is 2. The Kier molecular flexibility index (Phi) is 6.98. The van der Waals surface area contributed by atoms with Crippen LogP contribution in [0.15, 0.2) is 39.6 Å². The van der Waals surface area contributed by atoms with Crippen LogP contribution in [0.5, 0.6) is 0 Å². The van der Waals surface area contributed by atoms with Gasteiger partial charge in [-0.15, -0.1) is 0 Å². The van der Waals surface area contributed by atoms with Gasteiger partial charge in [-0.3, -0.25) is 25.3 Å². The molecular weight excluding hydrogens is 382 g/mol. The molecule has 0 saturated carbocycles. The van der Waals surface area contributed by atoms with Crippen LogP contribution < -0.4 is 10.9 Å². The van der Waals surface area contributed by atoms with Gasteiger partial charge in [0.1, 0.15) is 5.76 Å². The van der Waals surface area contributed by atoms with Crippen molar-refractivity contribution in [3.8, 4) is 0 Å². The largest absolute Gasteiger partial charge is 0.454 e. The van der Waals surface area contributed by atoms with Crippen LogP contribution >= 0.6 is 0 Å². The molecule has 9 heteroatoms. The third-order valence-electron chi connectivity index (χ3n) is 4.33. The molecule has 0 aliphatic heterocycles. The molecule has 1 heterocycles. The lowest BCUT2D eigenvalue weighted by molar-refractivity contribution is 0.0828. The summed E-state index contributed by atoms with van der Waals surface area (Å²) in [5.74, 6) is -0.497. The molecule has 2 rings (SSSR count). The lowest BCUT2D eigenvalue weighted by atomic mass is 10.1. The van der Waals surface area contributed by atoms with Crippen LogP contribution in [0.4, 0.5) is 0 Å². The molecule has 0 saturated heterocycles. The minimum Gasteiger partial charge on any atom is -0.454 e. The molecule has 8 nitrogen and oxygen atoms in total. The quantitative estimate of drug-likeness (QED) is 0.679. The first-order valence-electron chi connectivity index (χ1n) is 8.88. The maximum atomic E-state index is 12.4. The normalized spacial score (nSPS) is 11.5. The number of furan rings is 1. The topological polar surface area (TPSA) is 109 Å². The molecule has 0 aliphatic rings. The van der Waals surface area contributed by atoms with E-state index in [0.717, 1.165) is 19.3 Å². The minimum atomic E-state index is -3.45. The molecule has 28 heavy (non-hydrogen) atoms. The predicted molar refractivity (Wildman–Crippen MR) is 105 cm³/mol. The average molecular weight is 407 g/mol. The van der Waals surface area contributed by atoms with Gasteiger partial charge in [0.15, 0.2) is 15.6 Å². The molecule has 0 unspecified atom stereocenters. The molecule has 0 radical (unpaired) electrons. The Morgan fingerprint density at radius 2 is 1.68 bits per heavy atom. The maximum Gasteiger partial charge on any atom is 0.305 e. The van der Waals surface area contributed by atoms with Gasteiger partial charge in [0.05, 0.1) is 11.4 Å². The lowest BCUT2D eigenvalue weighted by Gasteiger charge is -2.15. The smallest absolute Gasteiger partial charge is 0.305 e. The summed E-state index contributed by atoms with van der Waals surface area (Å²) in [6, 6.07) is 7.51. The SMILES string of the molecule is CCN(CC)Cc1ccc(C(=O)NNC(=O)c2cc(S(C)(=O)=O)ccc2C)o1.